The van der Waals surface area contributed by atoms with Crippen molar-refractivity contribution in [1.29, 1.82) is 0 Å². The number of hydrogen-bond acceptors (Lipinski definition) is 5. The van der Waals surface area contributed by atoms with Gasteiger partial charge in [-0.15, -0.1) is 0 Å². The molecule has 0 saturated heterocycles. The molecule has 1 N–H and O–H groups in total. The van der Waals surface area contributed by atoms with Crippen LogP contribution in [-0.4, -0.2) is 37.4 Å². The van der Waals surface area contributed by atoms with Gasteiger partial charge in [-0.05, 0) is 34.4 Å². The standard InChI is InChI=1S/C26H31NO4/c1-29-14-15-31-26-16-22(12-13-25(26)30-2)18-27(17-21-8-4-3-5-9-21)19-23-10-6-7-11-24(23)20-28/h3-13,16,28H,14-15,17-20H2,1-2H3. The van der Waals surface area contributed by atoms with Crippen molar-refractivity contribution in [2.24, 2.45) is 0 Å². The van der Waals surface area contributed by atoms with E-state index in [1.807, 2.05) is 36.4 Å². The molecule has 0 saturated carbocycles. The highest BCUT2D eigenvalue weighted by Crippen LogP contribution is 2.29. The fraction of sp³-hybridized carbons (Fsp3) is 0.308. The summed E-state index contributed by atoms with van der Waals surface area (Å²) in [6.07, 6.45) is 0. The minimum absolute atomic E-state index is 0.0371. The van der Waals surface area contributed by atoms with Crippen LogP contribution in [0.15, 0.2) is 72.8 Å². The van der Waals surface area contributed by atoms with Crippen molar-refractivity contribution in [3.05, 3.63) is 95.1 Å². The zero-order chi connectivity index (χ0) is 21.9. The monoisotopic (exact) mass is 421 g/mol. The van der Waals surface area contributed by atoms with Gasteiger partial charge in [0.25, 0.3) is 0 Å². The Labute approximate surface area is 184 Å². The highest BCUT2D eigenvalue weighted by Gasteiger charge is 2.13. The van der Waals surface area contributed by atoms with Gasteiger partial charge in [-0.1, -0.05) is 60.7 Å². The lowest BCUT2D eigenvalue weighted by Crippen LogP contribution is -2.23. The lowest BCUT2D eigenvalue weighted by Gasteiger charge is -2.24. The highest BCUT2D eigenvalue weighted by atomic mass is 16.5. The van der Waals surface area contributed by atoms with E-state index in [1.165, 1.54) is 5.56 Å². The van der Waals surface area contributed by atoms with Crippen LogP contribution in [0.5, 0.6) is 11.5 Å². The Morgan fingerprint density at radius 1 is 0.710 bits per heavy atom. The van der Waals surface area contributed by atoms with Crippen molar-refractivity contribution in [2.45, 2.75) is 26.2 Å². The second-order valence-corrected chi connectivity index (χ2v) is 7.38. The summed E-state index contributed by atoms with van der Waals surface area (Å²) in [4.78, 5) is 2.37. The van der Waals surface area contributed by atoms with Crippen LogP contribution in [0.1, 0.15) is 22.3 Å². The molecule has 0 amide bonds. The van der Waals surface area contributed by atoms with E-state index < -0.39 is 0 Å². The Morgan fingerprint density at radius 2 is 1.42 bits per heavy atom. The zero-order valence-electron chi connectivity index (χ0n) is 18.3. The van der Waals surface area contributed by atoms with Crippen molar-refractivity contribution in [2.75, 3.05) is 27.4 Å². The Morgan fingerprint density at radius 3 is 2.13 bits per heavy atom. The molecule has 0 unspecified atom stereocenters. The first kappa shape index (κ1) is 22.8. The molecule has 3 rings (SSSR count). The molecule has 0 spiro atoms. The van der Waals surface area contributed by atoms with Crippen LogP contribution >= 0.6 is 0 Å². The van der Waals surface area contributed by atoms with Crippen molar-refractivity contribution in [3.63, 3.8) is 0 Å². The third-order valence-corrected chi connectivity index (χ3v) is 5.11. The summed E-state index contributed by atoms with van der Waals surface area (Å²) >= 11 is 0. The molecule has 0 heterocycles. The maximum absolute atomic E-state index is 9.75. The van der Waals surface area contributed by atoms with Gasteiger partial charge >= 0.3 is 0 Å². The first-order valence-electron chi connectivity index (χ1n) is 10.5. The molecule has 0 aliphatic rings. The minimum atomic E-state index is 0.0371. The zero-order valence-corrected chi connectivity index (χ0v) is 18.3. The van der Waals surface area contributed by atoms with Crippen molar-refractivity contribution in [1.82, 2.24) is 4.90 Å². The molecule has 5 heteroatoms. The number of hydrogen-bond donors (Lipinski definition) is 1. The molecular formula is C26H31NO4. The summed E-state index contributed by atoms with van der Waals surface area (Å²) in [6.45, 7) is 3.29. The molecule has 0 fully saturated rings. The van der Waals surface area contributed by atoms with Gasteiger partial charge < -0.3 is 19.3 Å². The summed E-state index contributed by atoms with van der Waals surface area (Å²) in [5.41, 5.74) is 4.46. The van der Waals surface area contributed by atoms with Crippen LogP contribution in [0.25, 0.3) is 0 Å². The number of nitrogens with zero attached hydrogens (tertiary/aromatic N) is 1. The fourth-order valence-electron chi connectivity index (χ4n) is 3.54. The Balaban J connectivity index is 1.82. The molecule has 0 aromatic heterocycles. The van der Waals surface area contributed by atoms with Crippen LogP contribution < -0.4 is 9.47 Å². The number of methoxy groups -OCH3 is 2. The van der Waals surface area contributed by atoms with Gasteiger partial charge in [-0.25, -0.2) is 0 Å². The van der Waals surface area contributed by atoms with Crippen LogP contribution in [-0.2, 0) is 31.0 Å². The average molecular weight is 422 g/mol. The molecule has 0 aliphatic carbocycles. The molecule has 3 aromatic carbocycles. The van der Waals surface area contributed by atoms with Gasteiger partial charge in [0.05, 0.1) is 20.3 Å². The Bertz CT molecular complexity index is 930. The van der Waals surface area contributed by atoms with Crippen LogP contribution in [0.4, 0.5) is 0 Å². The number of ether oxygens (including phenoxy) is 3. The topological polar surface area (TPSA) is 51.2 Å². The first-order valence-corrected chi connectivity index (χ1v) is 10.5. The summed E-state index contributed by atoms with van der Waals surface area (Å²) in [5, 5.41) is 9.75. The third-order valence-electron chi connectivity index (χ3n) is 5.11. The largest absolute Gasteiger partial charge is 0.493 e. The number of benzene rings is 3. The maximum atomic E-state index is 9.75. The third kappa shape index (κ3) is 6.82. The van der Waals surface area contributed by atoms with E-state index in [-0.39, 0.29) is 6.61 Å². The molecule has 5 nitrogen and oxygen atoms in total. The van der Waals surface area contributed by atoms with Gasteiger partial charge in [0.2, 0.25) is 0 Å². The van der Waals surface area contributed by atoms with Crippen LogP contribution in [0.3, 0.4) is 0 Å². The van der Waals surface area contributed by atoms with E-state index in [0.29, 0.717) is 24.7 Å². The number of aliphatic hydroxyl groups is 1. The van der Waals surface area contributed by atoms with E-state index in [0.717, 1.165) is 36.3 Å². The Kier molecular flexibility index (Phi) is 8.91. The first-order chi connectivity index (χ1) is 15.2. The van der Waals surface area contributed by atoms with Gasteiger partial charge in [0.15, 0.2) is 11.5 Å². The van der Waals surface area contributed by atoms with Crippen molar-refractivity contribution >= 4 is 0 Å². The van der Waals surface area contributed by atoms with Crippen LogP contribution in [0, 0.1) is 0 Å². The van der Waals surface area contributed by atoms with E-state index in [9.17, 15) is 5.11 Å². The normalized spacial score (nSPS) is 11.0. The molecular weight excluding hydrogens is 390 g/mol. The summed E-state index contributed by atoms with van der Waals surface area (Å²) < 4.78 is 16.4. The Hall–Kier alpha value is -2.86. The smallest absolute Gasteiger partial charge is 0.161 e. The maximum Gasteiger partial charge on any atom is 0.161 e. The molecule has 0 bridgehead atoms. The minimum Gasteiger partial charge on any atom is -0.493 e. The number of rotatable bonds is 12. The van der Waals surface area contributed by atoms with Gasteiger partial charge in [-0.2, -0.15) is 0 Å². The van der Waals surface area contributed by atoms with E-state index in [1.54, 1.807) is 14.2 Å². The molecule has 31 heavy (non-hydrogen) atoms. The van der Waals surface area contributed by atoms with Crippen molar-refractivity contribution < 1.29 is 19.3 Å². The lowest BCUT2D eigenvalue weighted by atomic mass is 10.1. The molecule has 3 aromatic rings. The van der Waals surface area contributed by atoms with Gasteiger partial charge in [0.1, 0.15) is 6.61 Å². The van der Waals surface area contributed by atoms with Crippen LogP contribution in [0.2, 0.25) is 0 Å². The molecule has 0 aliphatic heterocycles. The number of aliphatic hydroxyl groups excluding tert-OH is 1. The molecule has 0 atom stereocenters. The quantitative estimate of drug-likeness (QED) is 0.439. The predicted octanol–water partition coefficient (Wildman–Crippen LogP) is 4.42. The highest BCUT2D eigenvalue weighted by molar-refractivity contribution is 5.43. The summed E-state index contributed by atoms with van der Waals surface area (Å²) in [6, 6.07) is 24.5. The molecule has 164 valence electrons. The summed E-state index contributed by atoms with van der Waals surface area (Å²) in [5.74, 6) is 1.42. The average Bonchev–Trinajstić information content (AvgIpc) is 2.80. The lowest BCUT2D eigenvalue weighted by molar-refractivity contribution is 0.144. The SMILES string of the molecule is COCCOc1cc(CN(Cc2ccccc2)Cc2ccccc2CO)ccc1OC. The van der Waals surface area contributed by atoms with Gasteiger partial charge in [0, 0.05) is 26.7 Å². The van der Waals surface area contributed by atoms with E-state index in [2.05, 4.69) is 41.3 Å². The van der Waals surface area contributed by atoms with E-state index in [4.69, 9.17) is 14.2 Å². The second kappa shape index (κ2) is 12.1. The van der Waals surface area contributed by atoms with E-state index >= 15 is 0 Å². The van der Waals surface area contributed by atoms with Gasteiger partial charge in [-0.3, -0.25) is 4.90 Å². The molecule has 0 radical (unpaired) electrons. The fourth-order valence-corrected chi connectivity index (χ4v) is 3.54. The predicted molar refractivity (Wildman–Crippen MR) is 122 cm³/mol. The summed E-state index contributed by atoms with van der Waals surface area (Å²) in [7, 11) is 3.30. The van der Waals surface area contributed by atoms with Crippen molar-refractivity contribution in [3.8, 4) is 11.5 Å². The second-order valence-electron chi connectivity index (χ2n) is 7.38.